The van der Waals surface area contributed by atoms with E-state index in [0.717, 1.165) is 18.4 Å². The molecule has 1 aliphatic carbocycles. The number of hydrogen-bond donors (Lipinski definition) is 1. The summed E-state index contributed by atoms with van der Waals surface area (Å²) in [4.78, 5) is 25.9. The highest BCUT2D eigenvalue weighted by Crippen LogP contribution is 2.24. The number of benzene rings is 1. The Kier molecular flexibility index (Phi) is 3.23. The lowest BCUT2D eigenvalue weighted by molar-refractivity contribution is -0.138. The minimum Gasteiger partial charge on any atom is -0.353 e. The number of carbonyl (C=O) groups is 2. The molecule has 0 bridgehead atoms. The summed E-state index contributed by atoms with van der Waals surface area (Å²) in [6, 6.07) is 10.2. The zero-order valence-corrected chi connectivity index (χ0v) is 10.8. The van der Waals surface area contributed by atoms with Gasteiger partial charge >= 0.3 is 0 Å². The van der Waals surface area contributed by atoms with Crippen molar-refractivity contribution in [2.45, 2.75) is 31.8 Å². The molecule has 1 aromatic carbocycles. The van der Waals surface area contributed by atoms with Crippen LogP contribution in [0, 0.1) is 5.92 Å². The Morgan fingerprint density at radius 2 is 1.95 bits per heavy atom. The molecule has 0 radical (unpaired) electrons. The fourth-order valence-electron chi connectivity index (χ4n) is 2.47. The smallest absolute Gasteiger partial charge is 0.235 e. The average molecular weight is 258 g/mol. The van der Waals surface area contributed by atoms with Crippen molar-refractivity contribution in [2.24, 2.45) is 5.92 Å². The predicted molar refractivity (Wildman–Crippen MR) is 71.1 cm³/mol. The van der Waals surface area contributed by atoms with Crippen molar-refractivity contribution in [3.63, 3.8) is 0 Å². The maximum absolute atomic E-state index is 12.2. The molecule has 19 heavy (non-hydrogen) atoms. The molecule has 100 valence electrons. The maximum atomic E-state index is 12.2. The third-order valence-electron chi connectivity index (χ3n) is 3.75. The topological polar surface area (TPSA) is 49.4 Å². The van der Waals surface area contributed by atoms with E-state index in [9.17, 15) is 9.59 Å². The summed E-state index contributed by atoms with van der Waals surface area (Å²) < 4.78 is 0. The molecule has 1 aliphatic heterocycles. The number of hydrogen-bond acceptors (Lipinski definition) is 2. The van der Waals surface area contributed by atoms with Gasteiger partial charge < -0.3 is 10.2 Å². The Balaban J connectivity index is 1.60. The van der Waals surface area contributed by atoms with Crippen molar-refractivity contribution in [3.8, 4) is 0 Å². The first-order valence-corrected chi connectivity index (χ1v) is 6.87. The van der Waals surface area contributed by atoms with Gasteiger partial charge in [0.05, 0.1) is 0 Å². The van der Waals surface area contributed by atoms with Gasteiger partial charge in [0.15, 0.2) is 0 Å². The Labute approximate surface area is 112 Å². The number of nitrogens with one attached hydrogen (secondary N) is 1. The SMILES string of the molecule is O=C(NC1CC1)C1CCN(Cc2ccccc2)C1=O. The van der Waals surface area contributed by atoms with Gasteiger partial charge in [-0.1, -0.05) is 30.3 Å². The monoisotopic (exact) mass is 258 g/mol. The fourth-order valence-corrected chi connectivity index (χ4v) is 2.47. The van der Waals surface area contributed by atoms with Gasteiger partial charge in [0, 0.05) is 19.1 Å². The van der Waals surface area contributed by atoms with E-state index in [-0.39, 0.29) is 11.8 Å². The molecular formula is C15H18N2O2. The maximum Gasteiger partial charge on any atom is 0.235 e. The highest BCUT2D eigenvalue weighted by Gasteiger charge is 2.38. The van der Waals surface area contributed by atoms with Gasteiger partial charge in [-0.2, -0.15) is 0 Å². The second-order valence-corrected chi connectivity index (χ2v) is 5.37. The largest absolute Gasteiger partial charge is 0.353 e. The molecule has 1 saturated carbocycles. The molecule has 3 rings (SSSR count). The molecule has 2 amide bonds. The van der Waals surface area contributed by atoms with Gasteiger partial charge in [0.2, 0.25) is 11.8 Å². The van der Waals surface area contributed by atoms with Crippen LogP contribution in [0.2, 0.25) is 0 Å². The summed E-state index contributed by atoms with van der Waals surface area (Å²) in [5, 5.41) is 2.92. The van der Waals surface area contributed by atoms with E-state index in [0.29, 0.717) is 25.6 Å². The van der Waals surface area contributed by atoms with Crippen LogP contribution in [0.3, 0.4) is 0 Å². The Morgan fingerprint density at radius 1 is 1.21 bits per heavy atom. The van der Waals surface area contributed by atoms with E-state index in [1.54, 1.807) is 4.90 Å². The highest BCUT2D eigenvalue weighted by molar-refractivity contribution is 6.01. The average Bonchev–Trinajstić information content (AvgIpc) is 3.15. The van der Waals surface area contributed by atoms with Crippen molar-refractivity contribution < 1.29 is 9.59 Å². The molecule has 2 aliphatic rings. The van der Waals surface area contributed by atoms with E-state index >= 15 is 0 Å². The summed E-state index contributed by atoms with van der Waals surface area (Å²) in [5.74, 6) is -0.575. The third kappa shape index (κ3) is 2.78. The molecule has 1 N–H and O–H groups in total. The van der Waals surface area contributed by atoms with Crippen LogP contribution in [0.25, 0.3) is 0 Å². The number of nitrogens with zero attached hydrogens (tertiary/aromatic N) is 1. The Morgan fingerprint density at radius 3 is 2.63 bits per heavy atom. The first kappa shape index (κ1) is 12.2. The zero-order chi connectivity index (χ0) is 13.2. The van der Waals surface area contributed by atoms with Gasteiger partial charge in [-0.05, 0) is 24.8 Å². The molecule has 1 aromatic rings. The molecule has 1 saturated heterocycles. The first-order valence-electron chi connectivity index (χ1n) is 6.87. The predicted octanol–water partition coefficient (Wildman–Crippen LogP) is 1.31. The molecule has 1 unspecified atom stereocenters. The van der Waals surface area contributed by atoms with Crippen molar-refractivity contribution >= 4 is 11.8 Å². The summed E-state index contributed by atoms with van der Waals surface area (Å²) >= 11 is 0. The van der Waals surface area contributed by atoms with Gasteiger partial charge in [0.1, 0.15) is 5.92 Å². The van der Waals surface area contributed by atoms with Crippen molar-refractivity contribution in [1.29, 1.82) is 0 Å². The number of likely N-dealkylation sites (tertiary alicyclic amines) is 1. The molecule has 0 aromatic heterocycles. The van der Waals surface area contributed by atoms with Gasteiger partial charge in [-0.3, -0.25) is 9.59 Å². The highest BCUT2D eigenvalue weighted by atomic mass is 16.2. The van der Waals surface area contributed by atoms with Crippen LogP contribution >= 0.6 is 0 Å². The Bertz CT molecular complexity index is 482. The van der Waals surface area contributed by atoms with Gasteiger partial charge in [-0.15, -0.1) is 0 Å². The quantitative estimate of drug-likeness (QED) is 0.828. The van der Waals surface area contributed by atoms with E-state index in [4.69, 9.17) is 0 Å². The van der Waals surface area contributed by atoms with Crippen molar-refractivity contribution in [1.82, 2.24) is 10.2 Å². The van der Waals surface area contributed by atoms with Crippen LogP contribution in [0.4, 0.5) is 0 Å². The van der Waals surface area contributed by atoms with Crippen LogP contribution in [-0.2, 0) is 16.1 Å². The van der Waals surface area contributed by atoms with Crippen LogP contribution < -0.4 is 5.32 Å². The van der Waals surface area contributed by atoms with Crippen molar-refractivity contribution in [3.05, 3.63) is 35.9 Å². The minimum atomic E-state index is -0.468. The van der Waals surface area contributed by atoms with Crippen LogP contribution in [0.15, 0.2) is 30.3 Å². The summed E-state index contributed by atoms with van der Waals surface area (Å²) in [7, 11) is 0. The lowest BCUT2D eigenvalue weighted by Gasteiger charge is -2.16. The second kappa shape index (κ2) is 5.03. The van der Waals surface area contributed by atoms with E-state index in [1.165, 1.54) is 0 Å². The molecular weight excluding hydrogens is 240 g/mol. The normalized spacial score (nSPS) is 22.6. The number of rotatable bonds is 4. The summed E-state index contributed by atoms with van der Waals surface area (Å²) in [6.45, 7) is 1.28. The first-order chi connectivity index (χ1) is 9.24. The molecule has 4 nitrogen and oxygen atoms in total. The summed E-state index contributed by atoms with van der Waals surface area (Å²) in [5.41, 5.74) is 1.11. The zero-order valence-electron chi connectivity index (χ0n) is 10.8. The number of carbonyl (C=O) groups excluding carboxylic acids is 2. The molecule has 0 spiro atoms. The van der Waals surface area contributed by atoms with Crippen molar-refractivity contribution in [2.75, 3.05) is 6.54 Å². The third-order valence-corrected chi connectivity index (χ3v) is 3.75. The van der Waals surface area contributed by atoms with Gasteiger partial charge in [-0.25, -0.2) is 0 Å². The van der Waals surface area contributed by atoms with E-state index < -0.39 is 5.92 Å². The fraction of sp³-hybridized carbons (Fsp3) is 0.467. The lowest BCUT2D eigenvalue weighted by Crippen LogP contribution is -2.37. The molecule has 2 fully saturated rings. The molecule has 4 heteroatoms. The van der Waals surface area contributed by atoms with Crippen LogP contribution in [-0.4, -0.2) is 29.3 Å². The van der Waals surface area contributed by atoms with Crippen LogP contribution in [0.1, 0.15) is 24.8 Å². The van der Waals surface area contributed by atoms with Gasteiger partial charge in [0.25, 0.3) is 0 Å². The lowest BCUT2D eigenvalue weighted by atomic mass is 10.1. The van der Waals surface area contributed by atoms with Crippen LogP contribution in [0.5, 0.6) is 0 Å². The summed E-state index contributed by atoms with van der Waals surface area (Å²) in [6.07, 6.45) is 2.75. The Hall–Kier alpha value is -1.84. The standard InChI is InChI=1S/C15H18N2O2/c18-14(16-12-6-7-12)13-8-9-17(15(13)19)10-11-4-2-1-3-5-11/h1-5,12-13H,6-10H2,(H,16,18). The second-order valence-electron chi connectivity index (χ2n) is 5.37. The number of amides is 2. The molecule has 1 heterocycles. The minimum absolute atomic E-state index is 0.0259. The van der Waals surface area contributed by atoms with E-state index in [2.05, 4.69) is 5.32 Å². The van der Waals surface area contributed by atoms with E-state index in [1.807, 2.05) is 30.3 Å². The molecule has 1 atom stereocenters.